The molecule has 0 unspecified atom stereocenters. The second-order valence-corrected chi connectivity index (χ2v) is 5.54. The SMILES string of the molecule is S=c1[nH]nc(-c2csc(N3CCCCCC3)n2)o1. The molecule has 3 rings (SSSR count). The Morgan fingerprint density at radius 1 is 1.28 bits per heavy atom. The van der Waals surface area contributed by atoms with Gasteiger partial charge in [-0.25, -0.2) is 10.1 Å². The lowest BCUT2D eigenvalue weighted by molar-refractivity contribution is 0.550. The number of aromatic amines is 1. The van der Waals surface area contributed by atoms with E-state index in [-0.39, 0.29) is 4.84 Å². The second-order valence-electron chi connectivity index (χ2n) is 4.33. The third kappa shape index (κ3) is 2.46. The summed E-state index contributed by atoms with van der Waals surface area (Å²) in [4.78, 5) is 7.22. The van der Waals surface area contributed by atoms with E-state index in [1.807, 2.05) is 5.38 Å². The molecule has 1 fully saturated rings. The summed E-state index contributed by atoms with van der Waals surface area (Å²) in [6.45, 7) is 2.19. The Kier molecular flexibility index (Phi) is 3.42. The predicted molar refractivity (Wildman–Crippen MR) is 73.5 cm³/mol. The standard InChI is InChI=1S/C11H14N4OS2/c17-11-14-13-9(16-11)8-7-18-10(12-8)15-5-3-1-2-4-6-15/h7H,1-6H2,(H,14,17). The van der Waals surface area contributed by atoms with Gasteiger partial charge in [0.1, 0.15) is 5.69 Å². The van der Waals surface area contributed by atoms with Crippen LogP contribution in [0.25, 0.3) is 11.6 Å². The summed E-state index contributed by atoms with van der Waals surface area (Å²) in [5.74, 6) is 0.470. The van der Waals surface area contributed by atoms with Crippen LogP contribution in [0.5, 0.6) is 0 Å². The summed E-state index contributed by atoms with van der Waals surface area (Å²) in [5.41, 5.74) is 0.756. The van der Waals surface area contributed by atoms with Crippen molar-refractivity contribution in [2.75, 3.05) is 18.0 Å². The van der Waals surface area contributed by atoms with Gasteiger partial charge in [0.2, 0.25) is 0 Å². The number of nitrogens with zero attached hydrogens (tertiary/aromatic N) is 3. The van der Waals surface area contributed by atoms with Crippen molar-refractivity contribution in [3.8, 4) is 11.6 Å². The molecule has 96 valence electrons. The van der Waals surface area contributed by atoms with Crippen molar-refractivity contribution < 1.29 is 4.42 Å². The number of hydrogen-bond acceptors (Lipinski definition) is 6. The molecule has 0 amide bonds. The predicted octanol–water partition coefficient (Wildman–Crippen LogP) is 3.24. The molecule has 0 saturated carbocycles. The molecule has 0 bridgehead atoms. The van der Waals surface area contributed by atoms with Crippen LogP contribution < -0.4 is 4.90 Å². The summed E-state index contributed by atoms with van der Waals surface area (Å²) in [6, 6.07) is 0. The molecule has 7 heteroatoms. The topological polar surface area (TPSA) is 58.0 Å². The Morgan fingerprint density at radius 3 is 2.72 bits per heavy atom. The number of hydrogen-bond donors (Lipinski definition) is 1. The van der Waals surface area contributed by atoms with Crippen molar-refractivity contribution in [1.29, 1.82) is 0 Å². The summed E-state index contributed by atoms with van der Waals surface area (Å²) in [5, 5.41) is 9.63. The molecule has 3 heterocycles. The molecule has 18 heavy (non-hydrogen) atoms. The van der Waals surface area contributed by atoms with E-state index in [1.165, 1.54) is 25.7 Å². The van der Waals surface area contributed by atoms with Crippen LogP contribution in [0.3, 0.4) is 0 Å². The maximum absolute atomic E-state index is 5.27. The smallest absolute Gasteiger partial charge is 0.284 e. The number of H-pyrrole nitrogens is 1. The number of aromatic nitrogens is 3. The molecule has 1 N–H and O–H groups in total. The molecular weight excluding hydrogens is 268 g/mol. The van der Waals surface area contributed by atoms with Crippen LogP contribution in [0.4, 0.5) is 5.13 Å². The summed E-state index contributed by atoms with van der Waals surface area (Å²) < 4.78 is 5.27. The zero-order chi connectivity index (χ0) is 12.4. The Labute approximate surface area is 114 Å². The first-order valence-electron chi connectivity index (χ1n) is 6.09. The van der Waals surface area contributed by atoms with Gasteiger partial charge in [-0.2, -0.15) is 0 Å². The van der Waals surface area contributed by atoms with E-state index in [0.29, 0.717) is 5.89 Å². The van der Waals surface area contributed by atoms with Gasteiger partial charge >= 0.3 is 0 Å². The Morgan fingerprint density at radius 2 is 2.06 bits per heavy atom. The highest BCUT2D eigenvalue weighted by atomic mass is 32.1. The van der Waals surface area contributed by atoms with E-state index >= 15 is 0 Å². The Balaban J connectivity index is 1.82. The lowest BCUT2D eigenvalue weighted by Crippen LogP contribution is -2.23. The maximum Gasteiger partial charge on any atom is 0.284 e. The van der Waals surface area contributed by atoms with Crippen LogP contribution in [0, 0.1) is 4.84 Å². The van der Waals surface area contributed by atoms with Crippen LogP contribution in [0.1, 0.15) is 25.7 Å². The molecular formula is C11H14N4OS2. The van der Waals surface area contributed by atoms with Crippen molar-refractivity contribution in [2.24, 2.45) is 0 Å². The van der Waals surface area contributed by atoms with Gasteiger partial charge in [-0.1, -0.05) is 12.8 Å². The van der Waals surface area contributed by atoms with Crippen molar-refractivity contribution in [3.05, 3.63) is 10.2 Å². The van der Waals surface area contributed by atoms with Crippen molar-refractivity contribution in [2.45, 2.75) is 25.7 Å². The first-order valence-corrected chi connectivity index (χ1v) is 7.38. The second kappa shape index (κ2) is 5.19. The molecule has 0 aliphatic carbocycles. The van der Waals surface area contributed by atoms with E-state index in [9.17, 15) is 0 Å². The third-order valence-electron chi connectivity index (χ3n) is 3.03. The van der Waals surface area contributed by atoms with Crippen LogP contribution >= 0.6 is 23.6 Å². The van der Waals surface area contributed by atoms with Crippen LogP contribution in [0.2, 0.25) is 0 Å². The van der Waals surface area contributed by atoms with Crippen molar-refractivity contribution in [3.63, 3.8) is 0 Å². The van der Waals surface area contributed by atoms with E-state index < -0.39 is 0 Å². The Bertz CT molecular complexity index is 565. The molecule has 0 atom stereocenters. The van der Waals surface area contributed by atoms with E-state index in [2.05, 4.69) is 20.1 Å². The van der Waals surface area contributed by atoms with Crippen LogP contribution in [-0.2, 0) is 0 Å². The fourth-order valence-electron chi connectivity index (χ4n) is 2.11. The first kappa shape index (κ1) is 11.9. The van der Waals surface area contributed by atoms with Gasteiger partial charge in [0.05, 0.1) is 0 Å². The minimum atomic E-state index is 0.286. The molecule has 2 aromatic rings. The first-order chi connectivity index (χ1) is 8.83. The molecule has 1 aliphatic heterocycles. The Hall–Kier alpha value is -1.21. The minimum Gasteiger partial charge on any atom is -0.408 e. The molecule has 0 radical (unpaired) electrons. The van der Waals surface area contributed by atoms with Gasteiger partial charge in [-0.3, -0.25) is 0 Å². The molecule has 1 aliphatic rings. The number of anilines is 1. The van der Waals surface area contributed by atoms with Gasteiger partial charge in [0.25, 0.3) is 10.7 Å². The number of rotatable bonds is 2. The summed E-state index contributed by atoms with van der Waals surface area (Å²) in [7, 11) is 0. The summed E-state index contributed by atoms with van der Waals surface area (Å²) in [6.07, 6.45) is 5.14. The van der Waals surface area contributed by atoms with Gasteiger partial charge in [0, 0.05) is 18.5 Å². The number of thiazole rings is 1. The number of nitrogens with one attached hydrogen (secondary N) is 1. The fourth-order valence-corrected chi connectivity index (χ4v) is 3.09. The van der Waals surface area contributed by atoms with E-state index in [4.69, 9.17) is 16.6 Å². The maximum atomic E-state index is 5.27. The molecule has 2 aromatic heterocycles. The average molecular weight is 282 g/mol. The highest BCUT2D eigenvalue weighted by Gasteiger charge is 2.15. The average Bonchev–Trinajstić information content (AvgIpc) is 2.92. The van der Waals surface area contributed by atoms with Gasteiger partial charge in [-0.15, -0.1) is 16.4 Å². The van der Waals surface area contributed by atoms with E-state index in [0.717, 1.165) is 23.9 Å². The zero-order valence-electron chi connectivity index (χ0n) is 9.89. The molecule has 0 spiro atoms. The van der Waals surface area contributed by atoms with Crippen LogP contribution in [-0.4, -0.2) is 28.3 Å². The van der Waals surface area contributed by atoms with Gasteiger partial charge in [0.15, 0.2) is 5.13 Å². The largest absolute Gasteiger partial charge is 0.408 e. The third-order valence-corrected chi connectivity index (χ3v) is 4.10. The molecule has 0 aromatic carbocycles. The van der Waals surface area contributed by atoms with E-state index in [1.54, 1.807) is 11.3 Å². The monoisotopic (exact) mass is 282 g/mol. The summed E-state index contributed by atoms with van der Waals surface area (Å²) >= 11 is 6.50. The lowest BCUT2D eigenvalue weighted by Gasteiger charge is -2.18. The lowest BCUT2D eigenvalue weighted by atomic mass is 10.2. The van der Waals surface area contributed by atoms with Crippen molar-refractivity contribution >= 4 is 28.7 Å². The quantitative estimate of drug-likeness (QED) is 0.857. The van der Waals surface area contributed by atoms with Gasteiger partial charge in [-0.05, 0) is 25.1 Å². The highest BCUT2D eigenvalue weighted by molar-refractivity contribution is 7.71. The molecule has 1 saturated heterocycles. The molecule has 5 nitrogen and oxygen atoms in total. The normalized spacial score (nSPS) is 16.8. The minimum absolute atomic E-state index is 0.286. The van der Waals surface area contributed by atoms with Crippen molar-refractivity contribution in [1.82, 2.24) is 15.2 Å². The zero-order valence-corrected chi connectivity index (χ0v) is 11.5. The van der Waals surface area contributed by atoms with Gasteiger partial charge < -0.3 is 9.32 Å². The highest BCUT2D eigenvalue weighted by Crippen LogP contribution is 2.27. The van der Waals surface area contributed by atoms with Crippen LogP contribution in [0.15, 0.2) is 9.80 Å². The fraction of sp³-hybridized carbons (Fsp3) is 0.545.